The van der Waals surface area contributed by atoms with Crippen molar-refractivity contribution in [3.8, 4) is 22.3 Å². The molecule has 0 aliphatic carbocycles. The molecule has 0 aliphatic rings. The zero-order chi connectivity index (χ0) is 23.9. The summed E-state index contributed by atoms with van der Waals surface area (Å²) in [5, 5.41) is 0.799. The van der Waals surface area contributed by atoms with Gasteiger partial charge in [0.1, 0.15) is 0 Å². The quantitative estimate of drug-likeness (QED) is 0.261. The molecule has 0 amide bonds. The van der Waals surface area contributed by atoms with E-state index in [0.29, 0.717) is 21.2 Å². The Balaban J connectivity index is 1.96. The summed E-state index contributed by atoms with van der Waals surface area (Å²) < 4.78 is 27.6. The molecule has 0 atom stereocenters. The van der Waals surface area contributed by atoms with E-state index in [-0.39, 0.29) is 19.8 Å². The second-order valence-corrected chi connectivity index (χ2v) is 11.1. The standard InChI is InChI=1S/C26H18Cl4O2S/c1-15-7-3-5-9-17(15)23-19(27)11-13-21(25(23)29)33(31,32)22-14-12-20(28)24(26(22)30)18-10-6-4-8-16(18)2/h3-14H,1-2H3. The maximum absolute atomic E-state index is 13.8. The fourth-order valence-corrected chi connectivity index (χ4v) is 6.97. The van der Waals surface area contributed by atoms with Crippen LogP contribution in [0, 0.1) is 13.8 Å². The Morgan fingerprint density at radius 1 is 0.545 bits per heavy atom. The number of sulfone groups is 1. The Bertz CT molecular complexity index is 1390. The lowest BCUT2D eigenvalue weighted by Crippen LogP contribution is -2.06. The Morgan fingerprint density at radius 3 is 1.27 bits per heavy atom. The molecule has 0 heterocycles. The average molecular weight is 536 g/mol. The van der Waals surface area contributed by atoms with Gasteiger partial charge in [-0.3, -0.25) is 0 Å². The van der Waals surface area contributed by atoms with Crippen LogP contribution < -0.4 is 0 Å². The number of benzene rings is 4. The van der Waals surface area contributed by atoms with E-state index in [2.05, 4.69) is 0 Å². The summed E-state index contributed by atoms with van der Waals surface area (Å²) in [5.74, 6) is 0. The molecule has 0 saturated carbocycles. The van der Waals surface area contributed by atoms with Gasteiger partial charge in [-0.2, -0.15) is 0 Å². The minimum absolute atomic E-state index is 0.0419. The van der Waals surface area contributed by atoms with Gasteiger partial charge in [0, 0.05) is 21.2 Å². The lowest BCUT2D eigenvalue weighted by molar-refractivity contribution is 0.596. The first-order valence-corrected chi connectivity index (χ1v) is 13.0. The Kier molecular flexibility index (Phi) is 6.82. The molecule has 0 N–H and O–H groups in total. The fraction of sp³-hybridized carbons (Fsp3) is 0.0769. The van der Waals surface area contributed by atoms with Crippen LogP contribution in [-0.4, -0.2) is 8.42 Å². The van der Waals surface area contributed by atoms with Crippen molar-refractivity contribution < 1.29 is 8.42 Å². The van der Waals surface area contributed by atoms with Gasteiger partial charge in [-0.25, -0.2) is 8.42 Å². The van der Waals surface area contributed by atoms with Crippen LogP contribution in [0.1, 0.15) is 11.1 Å². The third kappa shape index (κ3) is 4.29. The van der Waals surface area contributed by atoms with Crippen LogP contribution in [0.4, 0.5) is 0 Å². The molecule has 0 spiro atoms. The molecule has 0 fully saturated rings. The molecule has 0 saturated heterocycles. The number of rotatable bonds is 4. The molecule has 0 radical (unpaired) electrons. The first-order chi connectivity index (χ1) is 15.6. The second kappa shape index (κ2) is 9.32. The molecular formula is C26H18Cl4O2S. The van der Waals surface area contributed by atoms with Crippen LogP contribution in [0.5, 0.6) is 0 Å². The van der Waals surface area contributed by atoms with Gasteiger partial charge in [0.05, 0.1) is 19.8 Å². The van der Waals surface area contributed by atoms with Crippen molar-refractivity contribution in [2.75, 3.05) is 0 Å². The van der Waals surface area contributed by atoms with E-state index in [4.69, 9.17) is 46.4 Å². The van der Waals surface area contributed by atoms with Crippen molar-refractivity contribution in [3.05, 3.63) is 104 Å². The minimum Gasteiger partial charge on any atom is -0.218 e. The highest BCUT2D eigenvalue weighted by molar-refractivity contribution is 7.91. The summed E-state index contributed by atoms with van der Waals surface area (Å²) in [6.07, 6.45) is 0. The van der Waals surface area contributed by atoms with Crippen LogP contribution in [0.25, 0.3) is 22.3 Å². The number of hydrogen-bond acceptors (Lipinski definition) is 2. The first-order valence-electron chi connectivity index (χ1n) is 9.97. The molecule has 0 aliphatic heterocycles. The van der Waals surface area contributed by atoms with Gasteiger partial charge in [-0.1, -0.05) is 94.9 Å². The summed E-state index contributed by atoms with van der Waals surface area (Å²) in [4.78, 5) is -0.154. The molecule has 4 aromatic rings. The van der Waals surface area contributed by atoms with E-state index in [1.54, 1.807) is 0 Å². The van der Waals surface area contributed by atoms with Crippen molar-refractivity contribution in [2.45, 2.75) is 23.6 Å². The van der Waals surface area contributed by atoms with Crippen LogP contribution >= 0.6 is 46.4 Å². The monoisotopic (exact) mass is 534 g/mol. The Morgan fingerprint density at radius 2 is 0.909 bits per heavy atom. The number of halogens is 4. The highest BCUT2D eigenvalue weighted by Crippen LogP contribution is 2.45. The maximum Gasteiger partial charge on any atom is 0.209 e. The second-order valence-electron chi connectivity index (χ2n) is 7.60. The molecule has 4 aromatic carbocycles. The molecular weight excluding hydrogens is 518 g/mol. The zero-order valence-corrected chi connectivity index (χ0v) is 21.5. The van der Waals surface area contributed by atoms with Gasteiger partial charge in [0.25, 0.3) is 0 Å². The zero-order valence-electron chi connectivity index (χ0n) is 17.7. The lowest BCUT2D eigenvalue weighted by atomic mass is 10.0. The third-order valence-electron chi connectivity index (χ3n) is 5.52. The molecule has 33 heavy (non-hydrogen) atoms. The van der Waals surface area contributed by atoms with Gasteiger partial charge in [0.2, 0.25) is 9.84 Å². The van der Waals surface area contributed by atoms with Gasteiger partial charge in [0.15, 0.2) is 0 Å². The Labute approximate surface area is 213 Å². The largest absolute Gasteiger partial charge is 0.218 e. The fourth-order valence-electron chi connectivity index (χ4n) is 3.80. The molecule has 2 nitrogen and oxygen atoms in total. The lowest BCUT2D eigenvalue weighted by Gasteiger charge is -2.17. The molecule has 0 bridgehead atoms. The van der Waals surface area contributed by atoms with E-state index in [1.165, 1.54) is 24.3 Å². The highest BCUT2D eigenvalue weighted by Gasteiger charge is 2.29. The van der Waals surface area contributed by atoms with Crippen LogP contribution in [0.2, 0.25) is 20.1 Å². The van der Waals surface area contributed by atoms with Gasteiger partial charge in [-0.05, 0) is 60.4 Å². The van der Waals surface area contributed by atoms with E-state index >= 15 is 0 Å². The first kappa shape index (κ1) is 24.1. The normalized spacial score (nSPS) is 11.6. The van der Waals surface area contributed by atoms with Crippen molar-refractivity contribution >= 4 is 56.2 Å². The summed E-state index contributed by atoms with van der Waals surface area (Å²) >= 11 is 26.3. The number of hydrogen-bond donors (Lipinski definition) is 0. The molecule has 4 rings (SSSR count). The van der Waals surface area contributed by atoms with E-state index in [0.717, 1.165) is 22.3 Å². The van der Waals surface area contributed by atoms with Crippen LogP contribution in [0.3, 0.4) is 0 Å². The number of aryl methyl sites for hydroxylation is 2. The highest BCUT2D eigenvalue weighted by atomic mass is 35.5. The predicted octanol–water partition coefficient (Wildman–Crippen LogP) is 9.08. The van der Waals surface area contributed by atoms with Crippen LogP contribution in [-0.2, 0) is 9.84 Å². The van der Waals surface area contributed by atoms with Crippen molar-refractivity contribution in [3.63, 3.8) is 0 Å². The average Bonchev–Trinajstić information content (AvgIpc) is 2.76. The molecule has 0 unspecified atom stereocenters. The van der Waals surface area contributed by atoms with E-state index < -0.39 is 9.84 Å². The topological polar surface area (TPSA) is 34.1 Å². The van der Waals surface area contributed by atoms with E-state index in [9.17, 15) is 8.42 Å². The summed E-state index contributed by atoms with van der Waals surface area (Å²) in [6.45, 7) is 3.82. The third-order valence-corrected chi connectivity index (χ3v) is 9.00. The summed E-state index contributed by atoms with van der Waals surface area (Å²) in [6, 6.07) is 20.9. The summed E-state index contributed by atoms with van der Waals surface area (Å²) in [5.41, 5.74) is 4.27. The SMILES string of the molecule is Cc1ccccc1-c1c(Cl)ccc(S(=O)(=O)c2ccc(Cl)c(-c3ccccc3C)c2Cl)c1Cl. The predicted molar refractivity (Wildman–Crippen MR) is 139 cm³/mol. The molecule has 168 valence electrons. The summed E-state index contributed by atoms with van der Waals surface area (Å²) in [7, 11) is -4.10. The smallest absolute Gasteiger partial charge is 0.209 e. The Hall–Kier alpha value is -2.01. The van der Waals surface area contributed by atoms with Crippen molar-refractivity contribution in [2.24, 2.45) is 0 Å². The van der Waals surface area contributed by atoms with E-state index in [1.807, 2.05) is 62.4 Å². The molecule has 0 aromatic heterocycles. The van der Waals surface area contributed by atoms with Gasteiger partial charge < -0.3 is 0 Å². The molecule has 7 heteroatoms. The van der Waals surface area contributed by atoms with Gasteiger partial charge in [-0.15, -0.1) is 0 Å². The minimum atomic E-state index is -4.10. The van der Waals surface area contributed by atoms with Gasteiger partial charge >= 0.3 is 0 Å². The maximum atomic E-state index is 13.8. The van der Waals surface area contributed by atoms with Crippen LogP contribution in [0.15, 0.2) is 82.6 Å². The van der Waals surface area contributed by atoms with Crippen molar-refractivity contribution in [1.29, 1.82) is 0 Å². The van der Waals surface area contributed by atoms with Crippen molar-refractivity contribution in [1.82, 2.24) is 0 Å².